The average molecular weight is 219 g/mol. The maximum atomic E-state index is 10.9. The average Bonchev–Trinajstić information content (AvgIpc) is 2.81. The number of methoxy groups -OCH3 is 1. The molecule has 1 aromatic heterocycles. The van der Waals surface area contributed by atoms with Crippen LogP contribution < -0.4 is 4.74 Å². The Morgan fingerprint density at radius 3 is 2.75 bits per heavy atom. The molecule has 0 N–H and O–H groups in total. The minimum absolute atomic E-state index is 0.0331. The van der Waals surface area contributed by atoms with E-state index in [1.807, 2.05) is 0 Å². The van der Waals surface area contributed by atoms with E-state index in [4.69, 9.17) is 9.15 Å². The summed E-state index contributed by atoms with van der Waals surface area (Å²) in [7, 11) is 1.46. The standard InChI is InChI=1S/C11H9NO4/c1-15-8-4-5-9(10(7-8)12(13)14)11-3-2-6-16-11/h2-7H,1H3. The van der Waals surface area contributed by atoms with Gasteiger partial charge in [0.25, 0.3) is 5.69 Å². The second-order valence-electron chi connectivity index (χ2n) is 3.12. The van der Waals surface area contributed by atoms with Gasteiger partial charge in [-0.15, -0.1) is 0 Å². The number of rotatable bonds is 3. The van der Waals surface area contributed by atoms with Gasteiger partial charge in [0.15, 0.2) is 0 Å². The molecule has 0 radical (unpaired) electrons. The van der Waals surface area contributed by atoms with E-state index in [1.54, 1.807) is 24.3 Å². The maximum absolute atomic E-state index is 10.9. The number of nitro groups is 1. The first-order valence-corrected chi connectivity index (χ1v) is 4.58. The molecule has 2 rings (SSSR count). The normalized spacial score (nSPS) is 10.1. The Morgan fingerprint density at radius 1 is 1.38 bits per heavy atom. The lowest BCUT2D eigenvalue weighted by molar-refractivity contribution is -0.384. The van der Waals surface area contributed by atoms with E-state index in [0.29, 0.717) is 17.1 Å². The van der Waals surface area contributed by atoms with Gasteiger partial charge in [0.05, 0.1) is 29.9 Å². The molecule has 0 saturated heterocycles. The van der Waals surface area contributed by atoms with Gasteiger partial charge in [0.2, 0.25) is 0 Å². The Kier molecular flexibility index (Phi) is 2.59. The van der Waals surface area contributed by atoms with Crippen LogP contribution in [0, 0.1) is 10.1 Å². The van der Waals surface area contributed by atoms with Crippen LogP contribution in [0.25, 0.3) is 11.3 Å². The predicted molar refractivity (Wildman–Crippen MR) is 57.4 cm³/mol. The third-order valence-corrected chi connectivity index (χ3v) is 2.19. The molecule has 0 aliphatic rings. The Labute approximate surface area is 91.4 Å². The van der Waals surface area contributed by atoms with Gasteiger partial charge in [-0.1, -0.05) is 0 Å². The Balaban J connectivity index is 2.57. The summed E-state index contributed by atoms with van der Waals surface area (Å²) in [5.41, 5.74) is 0.408. The van der Waals surface area contributed by atoms with Gasteiger partial charge in [0, 0.05) is 0 Å². The molecule has 2 aromatic rings. The van der Waals surface area contributed by atoms with Crippen LogP contribution >= 0.6 is 0 Å². The topological polar surface area (TPSA) is 65.5 Å². The van der Waals surface area contributed by atoms with Crippen molar-refractivity contribution in [2.75, 3.05) is 7.11 Å². The van der Waals surface area contributed by atoms with Crippen molar-refractivity contribution in [2.24, 2.45) is 0 Å². The molecule has 0 amide bonds. The number of nitro benzene ring substituents is 1. The van der Waals surface area contributed by atoms with Crippen LogP contribution in [0.5, 0.6) is 5.75 Å². The molecule has 0 saturated carbocycles. The van der Waals surface area contributed by atoms with Crippen molar-refractivity contribution < 1.29 is 14.1 Å². The zero-order valence-corrected chi connectivity index (χ0v) is 8.54. The van der Waals surface area contributed by atoms with Crippen molar-refractivity contribution in [3.8, 4) is 17.1 Å². The highest BCUT2D eigenvalue weighted by atomic mass is 16.6. The van der Waals surface area contributed by atoms with Gasteiger partial charge in [-0.25, -0.2) is 0 Å². The van der Waals surface area contributed by atoms with Crippen molar-refractivity contribution in [1.82, 2.24) is 0 Å². The molecule has 0 unspecified atom stereocenters. The van der Waals surface area contributed by atoms with Crippen molar-refractivity contribution in [2.45, 2.75) is 0 Å². The van der Waals surface area contributed by atoms with Gasteiger partial charge >= 0.3 is 0 Å². The molecule has 1 aromatic carbocycles. The Hall–Kier alpha value is -2.30. The molecule has 0 aliphatic heterocycles. The molecule has 0 fully saturated rings. The molecule has 1 heterocycles. The summed E-state index contributed by atoms with van der Waals surface area (Å²) in [6.07, 6.45) is 1.48. The molecule has 16 heavy (non-hydrogen) atoms. The fourth-order valence-corrected chi connectivity index (χ4v) is 1.43. The lowest BCUT2D eigenvalue weighted by Crippen LogP contribution is -1.93. The second kappa shape index (κ2) is 4.06. The van der Waals surface area contributed by atoms with Gasteiger partial charge in [-0.05, 0) is 24.3 Å². The number of benzene rings is 1. The lowest BCUT2D eigenvalue weighted by Gasteiger charge is -2.02. The molecule has 82 valence electrons. The van der Waals surface area contributed by atoms with Gasteiger partial charge in [-0.2, -0.15) is 0 Å². The predicted octanol–water partition coefficient (Wildman–Crippen LogP) is 2.86. The van der Waals surface area contributed by atoms with Crippen molar-refractivity contribution in [1.29, 1.82) is 0 Å². The van der Waals surface area contributed by atoms with Crippen LogP contribution in [0.15, 0.2) is 41.0 Å². The van der Waals surface area contributed by atoms with Crippen LogP contribution in [-0.2, 0) is 0 Å². The monoisotopic (exact) mass is 219 g/mol. The number of hydrogen-bond donors (Lipinski definition) is 0. The molecule has 0 bridgehead atoms. The Morgan fingerprint density at radius 2 is 2.19 bits per heavy atom. The van der Waals surface area contributed by atoms with E-state index >= 15 is 0 Å². The fraction of sp³-hybridized carbons (Fsp3) is 0.0909. The van der Waals surface area contributed by atoms with Crippen LogP contribution in [0.3, 0.4) is 0 Å². The van der Waals surface area contributed by atoms with Gasteiger partial charge in [-0.3, -0.25) is 10.1 Å². The highest BCUT2D eigenvalue weighted by molar-refractivity contribution is 5.70. The van der Waals surface area contributed by atoms with E-state index in [1.165, 1.54) is 19.4 Å². The van der Waals surface area contributed by atoms with Crippen LogP contribution in [0.4, 0.5) is 5.69 Å². The summed E-state index contributed by atoms with van der Waals surface area (Å²) in [6, 6.07) is 8.00. The second-order valence-corrected chi connectivity index (χ2v) is 3.12. The van der Waals surface area contributed by atoms with E-state index in [0.717, 1.165) is 0 Å². The van der Waals surface area contributed by atoms with Crippen molar-refractivity contribution in [3.05, 3.63) is 46.7 Å². The van der Waals surface area contributed by atoms with Crippen LogP contribution in [-0.4, -0.2) is 12.0 Å². The molecule has 0 aliphatic carbocycles. The molecule has 0 spiro atoms. The van der Waals surface area contributed by atoms with Gasteiger partial charge < -0.3 is 9.15 Å². The molecule has 5 nitrogen and oxygen atoms in total. The summed E-state index contributed by atoms with van der Waals surface area (Å²) >= 11 is 0. The first-order chi connectivity index (χ1) is 7.72. The van der Waals surface area contributed by atoms with E-state index < -0.39 is 4.92 Å². The fourth-order valence-electron chi connectivity index (χ4n) is 1.43. The number of ether oxygens (including phenoxy) is 1. The molecule has 5 heteroatoms. The molecule has 0 atom stereocenters. The maximum Gasteiger partial charge on any atom is 0.284 e. The van der Waals surface area contributed by atoms with E-state index in [-0.39, 0.29) is 5.69 Å². The number of nitrogens with zero attached hydrogens (tertiary/aromatic N) is 1. The van der Waals surface area contributed by atoms with Crippen LogP contribution in [0.1, 0.15) is 0 Å². The van der Waals surface area contributed by atoms with Crippen LogP contribution in [0.2, 0.25) is 0 Å². The number of hydrogen-bond acceptors (Lipinski definition) is 4. The zero-order chi connectivity index (χ0) is 11.5. The molecular formula is C11H9NO4. The highest BCUT2D eigenvalue weighted by Gasteiger charge is 2.18. The molecular weight excluding hydrogens is 210 g/mol. The van der Waals surface area contributed by atoms with Crippen molar-refractivity contribution in [3.63, 3.8) is 0 Å². The summed E-state index contributed by atoms with van der Waals surface area (Å²) in [5.74, 6) is 0.913. The van der Waals surface area contributed by atoms with E-state index in [9.17, 15) is 10.1 Å². The number of furan rings is 1. The van der Waals surface area contributed by atoms with Crippen molar-refractivity contribution >= 4 is 5.69 Å². The minimum Gasteiger partial charge on any atom is -0.497 e. The quantitative estimate of drug-likeness (QED) is 0.588. The Bertz CT molecular complexity index is 505. The highest BCUT2D eigenvalue weighted by Crippen LogP contribution is 2.33. The van der Waals surface area contributed by atoms with E-state index in [2.05, 4.69) is 0 Å². The first kappa shape index (κ1) is 10.2. The lowest BCUT2D eigenvalue weighted by atomic mass is 10.1. The zero-order valence-electron chi connectivity index (χ0n) is 8.54. The summed E-state index contributed by atoms with van der Waals surface area (Å²) in [6.45, 7) is 0. The largest absolute Gasteiger partial charge is 0.497 e. The minimum atomic E-state index is -0.458. The summed E-state index contributed by atoms with van der Waals surface area (Å²) < 4.78 is 10.1. The summed E-state index contributed by atoms with van der Waals surface area (Å²) in [5, 5.41) is 10.9. The third kappa shape index (κ3) is 1.75. The third-order valence-electron chi connectivity index (χ3n) is 2.19. The van der Waals surface area contributed by atoms with Gasteiger partial charge in [0.1, 0.15) is 11.5 Å². The summed E-state index contributed by atoms with van der Waals surface area (Å²) in [4.78, 5) is 10.4. The SMILES string of the molecule is COc1ccc(-c2ccco2)c([N+](=O)[O-])c1. The first-order valence-electron chi connectivity index (χ1n) is 4.58. The smallest absolute Gasteiger partial charge is 0.284 e.